The minimum Gasteiger partial charge on any atom is -0.308 e. The number of hydrogen-bond acceptors (Lipinski definition) is 6. The van der Waals surface area contributed by atoms with Crippen LogP contribution in [0, 0.1) is 5.82 Å². The molecule has 1 amide bonds. The number of benzene rings is 1. The Morgan fingerprint density at radius 3 is 2.72 bits per heavy atom. The number of pyridine rings is 1. The maximum absolute atomic E-state index is 14.5. The highest BCUT2D eigenvalue weighted by atomic mass is 32.1. The molecule has 0 atom stereocenters. The maximum Gasteiger partial charge on any atom is 0.259 e. The zero-order valence-electron chi connectivity index (χ0n) is 17.0. The summed E-state index contributed by atoms with van der Waals surface area (Å²) in [6.07, 6.45) is 8.07. The van der Waals surface area contributed by atoms with Crippen LogP contribution < -0.4 is 5.32 Å². The Balaban J connectivity index is 1.22. The Hall–Kier alpha value is -3.46. The predicted octanol–water partition coefficient (Wildman–Crippen LogP) is 5.07. The summed E-state index contributed by atoms with van der Waals surface area (Å²) in [6, 6.07) is 8.92. The number of carbonyl (C=O) groups is 1. The standard InChI is InChI=1S/C23H19FN6OS/c24-18-7-3-14(15-4-8-19(25-10-15)13-1-2-13)9-17(18)22(31)27-20-11-32-23(28-20)21-29-26-12-30(21)16-5-6-16/h3-4,7-13,16H,1-2,5-6H2,(H,27,31). The van der Waals surface area contributed by atoms with Crippen LogP contribution in [0.25, 0.3) is 22.0 Å². The van der Waals surface area contributed by atoms with Gasteiger partial charge in [-0.15, -0.1) is 21.5 Å². The molecule has 3 aromatic heterocycles. The molecule has 2 saturated carbocycles. The zero-order chi connectivity index (χ0) is 21.7. The molecule has 0 saturated heterocycles. The number of thiazole rings is 1. The van der Waals surface area contributed by atoms with Crippen molar-refractivity contribution >= 4 is 23.1 Å². The van der Waals surface area contributed by atoms with Crippen molar-refractivity contribution in [3.63, 3.8) is 0 Å². The van der Waals surface area contributed by atoms with Crippen molar-refractivity contribution in [1.82, 2.24) is 24.7 Å². The highest BCUT2D eigenvalue weighted by Crippen LogP contribution is 2.39. The van der Waals surface area contributed by atoms with Gasteiger partial charge >= 0.3 is 0 Å². The molecule has 0 aliphatic heterocycles. The van der Waals surface area contributed by atoms with E-state index in [0.29, 0.717) is 28.6 Å². The summed E-state index contributed by atoms with van der Waals surface area (Å²) in [4.78, 5) is 21.8. The first-order valence-electron chi connectivity index (χ1n) is 10.6. The highest BCUT2D eigenvalue weighted by molar-refractivity contribution is 7.13. The van der Waals surface area contributed by atoms with Gasteiger partial charge in [-0.3, -0.25) is 9.78 Å². The van der Waals surface area contributed by atoms with E-state index >= 15 is 0 Å². The first-order chi connectivity index (χ1) is 15.7. The van der Waals surface area contributed by atoms with Crippen molar-refractivity contribution in [3.05, 3.63) is 65.3 Å². The zero-order valence-corrected chi connectivity index (χ0v) is 17.8. The highest BCUT2D eigenvalue weighted by Gasteiger charge is 2.28. The quantitative estimate of drug-likeness (QED) is 0.447. The van der Waals surface area contributed by atoms with Gasteiger partial charge in [-0.05, 0) is 49.4 Å². The number of rotatable bonds is 6. The smallest absolute Gasteiger partial charge is 0.259 e. The van der Waals surface area contributed by atoms with E-state index in [1.807, 2.05) is 16.7 Å². The van der Waals surface area contributed by atoms with Gasteiger partial charge < -0.3 is 9.88 Å². The number of nitrogens with one attached hydrogen (secondary N) is 1. The molecule has 32 heavy (non-hydrogen) atoms. The fourth-order valence-electron chi connectivity index (χ4n) is 3.71. The molecular weight excluding hydrogens is 427 g/mol. The molecule has 2 aliphatic carbocycles. The van der Waals surface area contributed by atoms with Gasteiger partial charge in [0.1, 0.15) is 18.0 Å². The van der Waals surface area contributed by atoms with E-state index in [4.69, 9.17) is 0 Å². The lowest BCUT2D eigenvalue weighted by molar-refractivity contribution is 0.102. The molecular formula is C23H19FN6OS. The number of halogens is 1. The number of amides is 1. The lowest BCUT2D eigenvalue weighted by atomic mass is 10.0. The van der Waals surface area contributed by atoms with E-state index in [1.165, 1.54) is 30.2 Å². The van der Waals surface area contributed by atoms with Crippen LogP contribution in [0.1, 0.15) is 53.7 Å². The Labute approximate surface area is 187 Å². The summed E-state index contributed by atoms with van der Waals surface area (Å²) in [7, 11) is 0. The first-order valence-corrected chi connectivity index (χ1v) is 11.5. The normalized spacial score (nSPS) is 15.7. The lowest BCUT2D eigenvalue weighted by Crippen LogP contribution is -2.14. The average molecular weight is 447 g/mol. The monoisotopic (exact) mass is 446 g/mol. The number of hydrogen-bond donors (Lipinski definition) is 1. The second-order valence-electron chi connectivity index (χ2n) is 8.23. The largest absolute Gasteiger partial charge is 0.308 e. The van der Waals surface area contributed by atoms with Gasteiger partial charge in [-0.1, -0.05) is 12.1 Å². The Bertz CT molecular complexity index is 1310. The molecule has 6 rings (SSSR count). The molecule has 0 bridgehead atoms. The van der Waals surface area contributed by atoms with Gasteiger partial charge in [0, 0.05) is 34.8 Å². The van der Waals surface area contributed by atoms with Crippen LogP contribution in [0.2, 0.25) is 0 Å². The molecule has 9 heteroatoms. The van der Waals surface area contributed by atoms with Crippen LogP contribution in [-0.4, -0.2) is 30.6 Å². The topological polar surface area (TPSA) is 85.6 Å². The minimum absolute atomic E-state index is 0.0375. The van der Waals surface area contributed by atoms with Crippen molar-refractivity contribution in [3.8, 4) is 22.0 Å². The Morgan fingerprint density at radius 2 is 1.97 bits per heavy atom. The molecule has 1 N–H and O–H groups in total. The van der Waals surface area contributed by atoms with Crippen molar-refractivity contribution in [1.29, 1.82) is 0 Å². The van der Waals surface area contributed by atoms with Gasteiger partial charge in [0.2, 0.25) is 0 Å². The van der Waals surface area contributed by atoms with Crippen LogP contribution in [0.4, 0.5) is 10.2 Å². The van der Waals surface area contributed by atoms with Gasteiger partial charge in [0.25, 0.3) is 5.91 Å². The maximum atomic E-state index is 14.5. The third kappa shape index (κ3) is 3.69. The molecule has 7 nitrogen and oxygen atoms in total. The van der Waals surface area contributed by atoms with E-state index in [-0.39, 0.29) is 5.56 Å². The Kier molecular flexibility index (Phi) is 4.57. The molecule has 0 radical (unpaired) electrons. The summed E-state index contributed by atoms with van der Waals surface area (Å²) in [5, 5.41) is 13.2. The molecule has 3 heterocycles. The van der Waals surface area contributed by atoms with Crippen LogP contribution >= 0.6 is 11.3 Å². The van der Waals surface area contributed by atoms with Gasteiger partial charge in [-0.2, -0.15) is 0 Å². The second kappa shape index (κ2) is 7.59. The van der Waals surface area contributed by atoms with Gasteiger partial charge in [0.15, 0.2) is 10.8 Å². The molecule has 0 unspecified atom stereocenters. The summed E-state index contributed by atoms with van der Waals surface area (Å²) < 4.78 is 16.5. The summed E-state index contributed by atoms with van der Waals surface area (Å²) >= 11 is 1.37. The number of carbonyl (C=O) groups excluding carboxylic acids is 1. The van der Waals surface area contributed by atoms with Crippen LogP contribution in [0.15, 0.2) is 48.2 Å². The molecule has 1 aromatic carbocycles. The number of aromatic nitrogens is 5. The van der Waals surface area contributed by atoms with Crippen LogP contribution in [0.3, 0.4) is 0 Å². The SMILES string of the molecule is O=C(Nc1csc(-c2nncn2C2CC2)n1)c1cc(-c2ccc(C3CC3)nc2)ccc1F. The van der Waals surface area contributed by atoms with E-state index in [9.17, 15) is 9.18 Å². The summed E-state index contributed by atoms with van der Waals surface area (Å²) in [6.45, 7) is 0. The van der Waals surface area contributed by atoms with E-state index in [2.05, 4.69) is 25.5 Å². The van der Waals surface area contributed by atoms with Crippen molar-refractivity contribution in [2.75, 3.05) is 5.32 Å². The summed E-state index contributed by atoms with van der Waals surface area (Å²) in [5.74, 6) is 0.485. The first kappa shape index (κ1) is 19.2. The van der Waals surface area contributed by atoms with Crippen molar-refractivity contribution < 1.29 is 9.18 Å². The average Bonchev–Trinajstić information content (AvgIpc) is 3.74. The number of nitrogens with zero attached hydrogens (tertiary/aromatic N) is 5. The summed E-state index contributed by atoms with van der Waals surface area (Å²) in [5.41, 5.74) is 2.64. The van der Waals surface area contributed by atoms with E-state index in [0.717, 1.165) is 29.7 Å². The van der Waals surface area contributed by atoms with Gasteiger partial charge in [-0.25, -0.2) is 9.37 Å². The van der Waals surface area contributed by atoms with E-state index < -0.39 is 11.7 Å². The van der Waals surface area contributed by atoms with Crippen molar-refractivity contribution in [2.45, 2.75) is 37.6 Å². The fraction of sp³-hybridized carbons (Fsp3) is 0.261. The molecule has 2 fully saturated rings. The molecule has 2 aliphatic rings. The molecule has 160 valence electrons. The third-order valence-corrected chi connectivity index (χ3v) is 6.61. The van der Waals surface area contributed by atoms with Crippen LogP contribution in [0.5, 0.6) is 0 Å². The van der Waals surface area contributed by atoms with Crippen LogP contribution in [-0.2, 0) is 0 Å². The predicted molar refractivity (Wildman–Crippen MR) is 119 cm³/mol. The number of anilines is 1. The minimum atomic E-state index is -0.585. The lowest BCUT2D eigenvalue weighted by Gasteiger charge is -2.08. The van der Waals surface area contributed by atoms with E-state index in [1.54, 1.807) is 30.0 Å². The van der Waals surface area contributed by atoms with Gasteiger partial charge in [0.05, 0.1) is 5.56 Å². The second-order valence-corrected chi connectivity index (χ2v) is 9.08. The Morgan fingerprint density at radius 1 is 1.12 bits per heavy atom. The molecule has 4 aromatic rings. The van der Waals surface area contributed by atoms with Crippen molar-refractivity contribution in [2.24, 2.45) is 0 Å². The molecule has 0 spiro atoms. The fourth-order valence-corrected chi connectivity index (χ4v) is 4.45. The third-order valence-electron chi connectivity index (χ3n) is 5.78.